The van der Waals surface area contributed by atoms with Crippen LogP contribution in [0.4, 0.5) is 0 Å². The van der Waals surface area contributed by atoms with E-state index < -0.39 is 5.97 Å². The molecule has 0 saturated heterocycles. The Labute approximate surface area is 125 Å². The van der Waals surface area contributed by atoms with Gasteiger partial charge in [0.2, 0.25) is 0 Å². The lowest BCUT2D eigenvalue weighted by atomic mass is 10.1. The van der Waals surface area contributed by atoms with E-state index in [4.69, 9.17) is 0 Å². The smallest absolute Gasteiger partial charge is 0.140 e. The number of imidazole rings is 1. The quantitative estimate of drug-likeness (QED) is 0.875. The number of aromatic nitrogens is 2. The third-order valence-corrected chi connectivity index (χ3v) is 4.01. The van der Waals surface area contributed by atoms with Gasteiger partial charge in [0, 0.05) is 6.20 Å². The van der Waals surface area contributed by atoms with Gasteiger partial charge in [0.1, 0.15) is 23.6 Å². The van der Waals surface area contributed by atoms with Gasteiger partial charge in [0.15, 0.2) is 0 Å². The summed E-state index contributed by atoms with van der Waals surface area (Å²) < 4.78 is 1.88. The molecule has 0 aliphatic rings. The monoisotopic (exact) mass is 289 g/mol. The van der Waals surface area contributed by atoms with E-state index in [1.807, 2.05) is 29.7 Å². The van der Waals surface area contributed by atoms with Gasteiger partial charge in [0.05, 0.1) is 18.1 Å². The van der Waals surface area contributed by atoms with Crippen molar-refractivity contribution in [3.05, 3.63) is 35.3 Å². The number of carbonyl (C=O) groups is 1. The second-order valence-electron chi connectivity index (χ2n) is 6.46. The van der Waals surface area contributed by atoms with Crippen molar-refractivity contribution < 1.29 is 14.8 Å². The Kier molecular flexibility index (Phi) is 4.05. The molecular weight excluding hydrogens is 266 g/mol. The molecule has 5 nitrogen and oxygen atoms in total. The molecule has 2 aromatic rings. The van der Waals surface area contributed by atoms with Crippen molar-refractivity contribution in [2.45, 2.75) is 46.7 Å². The van der Waals surface area contributed by atoms with Gasteiger partial charge >= 0.3 is 0 Å². The van der Waals surface area contributed by atoms with Gasteiger partial charge in [-0.2, -0.15) is 0 Å². The number of nitrogens with zero attached hydrogens (tertiary/aromatic N) is 2. The van der Waals surface area contributed by atoms with Crippen molar-refractivity contribution in [2.24, 2.45) is 0 Å². The van der Waals surface area contributed by atoms with E-state index >= 15 is 0 Å². The molecule has 0 spiro atoms. The second kappa shape index (κ2) is 5.48. The molecule has 0 aliphatic carbocycles. The lowest BCUT2D eigenvalue weighted by Crippen LogP contribution is -3.17. The van der Waals surface area contributed by atoms with Crippen LogP contribution in [0.3, 0.4) is 0 Å². The molecule has 1 atom stereocenters. The zero-order chi connectivity index (χ0) is 15.8. The van der Waals surface area contributed by atoms with Crippen LogP contribution >= 0.6 is 0 Å². The first-order valence-corrected chi connectivity index (χ1v) is 7.28. The van der Waals surface area contributed by atoms with E-state index in [2.05, 4.69) is 32.7 Å². The average Bonchev–Trinajstić information content (AvgIpc) is 2.75. The van der Waals surface area contributed by atoms with Crippen molar-refractivity contribution in [3.8, 4) is 0 Å². The Balaban J connectivity index is 2.58. The molecule has 5 heteroatoms. The van der Waals surface area contributed by atoms with Crippen LogP contribution in [0.1, 0.15) is 49.4 Å². The Morgan fingerprint density at radius 3 is 2.62 bits per heavy atom. The molecule has 0 fully saturated rings. The van der Waals surface area contributed by atoms with Crippen molar-refractivity contribution >= 4 is 11.6 Å². The van der Waals surface area contributed by atoms with E-state index in [0.717, 1.165) is 12.1 Å². The highest BCUT2D eigenvalue weighted by atomic mass is 16.4. The summed E-state index contributed by atoms with van der Waals surface area (Å²) in [6, 6.07) is 3.84. The van der Waals surface area contributed by atoms with Crippen molar-refractivity contribution in [2.75, 3.05) is 6.54 Å². The minimum atomic E-state index is -1.21. The number of quaternary nitrogens is 1. The number of carboxylic acids is 1. The lowest BCUT2D eigenvalue weighted by Gasteiger charge is -2.31. The molecule has 0 aromatic carbocycles. The molecule has 0 aliphatic heterocycles. The normalized spacial score (nSPS) is 13.6. The van der Waals surface area contributed by atoms with E-state index in [-0.39, 0.29) is 11.2 Å². The molecule has 1 N–H and O–H groups in total. The first-order valence-electron chi connectivity index (χ1n) is 7.28. The van der Waals surface area contributed by atoms with Gasteiger partial charge in [-0.05, 0) is 46.2 Å². The predicted octanol–water partition coefficient (Wildman–Crippen LogP) is 0.210. The highest BCUT2D eigenvalue weighted by Crippen LogP contribution is 2.15. The van der Waals surface area contributed by atoms with Gasteiger partial charge in [-0.3, -0.25) is 4.40 Å². The summed E-state index contributed by atoms with van der Waals surface area (Å²) in [5, 5.41) is 11.4. The summed E-state index contributed by atoms with van der Waals surface area (Å²) in [6.45, 7) is 12.0. The first-order chi connectivity index (χ1) is 9.75. The standard InChI is InChI=1S/C16H23N3O2/c1-6-18(16(3,4)5)10-12-13(15(20)21)17-14-11(2)8-7-9-19(12)14/h7-9H,6,10H2,1-5H3,(H,20,21). The molecule has 0 bridgehead atoms. The fourth-order valence-electron chi connectivity index (χ4n) is 2.71. The Bertz CT molecular complexity index is 668. The summed E-state index contributed by atoms with van der Waals surface area (Å²) in [6.07, 6.45) is 1.87. The van der Waals surface area contributed by atoms with Crippen LogP contribution < -0.4 is 10.0 Å². The van der Waals surface area contributed by atoms with Crippen LogP contribution in [0.2, 0.25) is 0 Å². The average molecular weight is 289 g/mol. The van der Waals surface area contributed by atoms with Gasteiger partial charge in [-0.1, -0.05) is 6.07 Å². The topological polar surface area (TPSA) is 61.9 Å². The summed E-state index contributed by atoms with van der Waals surface area (Å²) in [4.78, 5) is 17.0. The molecule has 0 saturated carbocycles. The zero-order valence-corrected chi connectivity index (χ0v) is 13.4. The Morgan fingerprint density at radius 2 is 2.10 bits per heavy atom. The fraction of sp³-hybridized carbons (Fsp3) is 0.500. The Hall–Kier alpha value is -1.88. The molecule has 2 aromatic heterocycles. The summed E-state index contributed by atoms with van der Waals surface area (Å²) >= 11 is 0. The van der Waals surface area contributed by atoms with E-state index in [9.17, 15) is 9.90 Å². The van der Waals surface area contributed by atoms with Crippen molar-refractivity contribution in [1.82, 2.24) is 9.38 Å². The Morgan fingerprint density at radius 1 is 1.43 bits per heavy atom. The van der Waals surface area contributed by atoms with Crippen LogP contribution in [-0.2, 0) is 6.54 Å². The van der Waals surface area contributed by atoms with Crippen molar-refractivity contribution in [3.63, 3.8) is 0 Å². The predicted molar refractivity (Wildman–Crippen MR) is 79.2 cm³/mol. The lowest BCUT2D eigenvalue weighted by molar-refractivity contribution is -0.958. The van der Waals surface area contributed by atoms with Crippen LogP contribution in [0.25, 0.3) is 5.65 Å². The summed E-state index contributed by atoms with van der Waals surface area (Å²) in [5.41, 5.74) is 2.45. The maximum Gasteiger partial charge on any atom is 0.140 e. The molecule has 1 unspecified atom stereocenters. The molecule has 21 heavy (non-hydrogen) atoms. The zero-order valence-electron chi connectivity index (χ0n) is 13.4. The first kappa shape index (κ1) is 15.5. The molecule has 2 heterocycles. The van der Waals surface area contributed by atoms with Crippen molar-refractivity contribution in [1.29, 1.82) is 0 Å². The number of carboxylic acid groups (broad SMARTS) is 1. The molecule has 114 valence electrons. The molecule has 0 radical (unpaired) electrons. The number of hydrogen-bond acceptors (Lipinski definition) is 3. The largest absolute Gasteiger partial charge is 0.543 e. The number of nitrogens with one attached hydrogen (secondary N) is 1. The molecule has 0 amide bonds. The van der Waals surface area contributed by atoms with Crippen LogP contribution in [-0.4, -0.2) is 27.4 Å². The minimum Gasteiger partial charge on any atom is -0.543 e. The molecule has 2 rings (SSSR count). The SMILES string of the molecule is CC[NH+](Cc1c(C(=O)[O-])nc2c(C)cccn12)C(C)(C)C. The number of rotatable bonds is 4. The summed E-state index contributed by atoms with van der Waals surface area (Å²) in [5.74, 6) is -1.21. The number of aryl methyl sites for hydroxylation is 1. The van der Waals surface area contributed by atoms with Gasteiger partial charge in [-0.25, -0.2) is 4.98 Å². The fourth-order valence-corrected chi connectivity index (χ4v) is 2.71. The van der Waals surface area contributed by atoms with Gasteiger partial charge in [0.25, 0.3) is 0 Å². The number of pyridine rings is 1. The third kappa shape index (κ3) is 2.93. The highest BCUT2D eigenvalue weighted by Gasteiger charge is 2.27. The van der Waals surface area contributed by atoms with Gasteiger partial charge < -0.3 is 14.8 Å². The number of carbonyl (C=O) groups excluding carboxylic acids is 1. The van der Waals surface area contributed by atoms with E-state index in [1.54, 1.807) is 0 Å². The van der Waals surface area contributed by atoms with Gasteiger partial charge in [-0.15, -0.1) is 0 Å². The second-order valence-corrected chi connectivity index (χ2v) is 6.46. The number of hydrogen-bond donors (Lipinski definition) is 1. The van der Waals surface area contributed by atoms with Crippen LogP contribution in [0.15, 0.2) is 18.3 Å². The van der Waals surface area contributed by atoms with E-state index in [0.29, 0.717) is 17.9 Å². The minimum absolute atomic E-state index is 0.0337. The van der Waals surface area contributed by atoms with Crippen LogP contribution in [0.5, 0.6) is 0 Å². The number of aromatic carboxylic acids is 1. The number of fused-ring (bicyclic) bond motifs is 1. The van der Waals surface area contributed by atoms with Crippen LogP contribution in [0, 0.1) is 6.92 Å². The summed E-state index contributed by atoms with van der Waals surface area (Å²) in [7, 11) is 0. The highest BCUT2D eigenvalue weighted by molar-refractivity contribution is 5.86. The maximum atomic E-state index is 11.4. The maximum absolute atomic E-state index is 11.4. The molecular formula is C16H23N3O2. The third-order valence-electron chi connectivity index (χ3n) is 4.01. The van der Waals surface area contributed by atoms with E-state index in [1.165, 1.54) is 4.90 Å².